The van der Waals surface area contributed by atoms with Crippen molar-refractivity contribution in [3.8, 4) is 0 Å². The highest BCUT2D eigenvalue weighted by molar-refractivity contribution is 5.18. The molecule has 0 radical (unpaired) electrons. The van der Waals surface area contributed by atoms with E-state index in [0.717, 1.165) is 43.1 Å². The second kappa shape index (κ2) is 6.67. The maximum atomic E-state index is 9.50. The lowest BCUT2D eigenvalue weighted by Gasteiger charge is -2.17. The number of aromatic nitrogens is 2. The average Bonchev–Trinajstić information content (AvgIpc) is 2.30. The fraction of sp³-hybridized carbons (Fsp3) is 0.692. The minimum absolute atomic E-state index is 0.494. The molecule has 0 aliphatic rings. The smallest absolute Gasteiger partial charge is 0.129 e. The van der Waals surface area contributed by atoms with Gasteiger partial charge in [-0.05, 0) is 26.9 Å². The predicted molar refractivity (Wildman–Crippen MR) is 68.9 cm³/mol. The van der Waals surface area contributed by atoms with Crippen LogP contribution in [0.1, 0.15) is 44.0 Å². The molecule has 0 aromatic carbocycles. The zero-order valence-electron chi connectivity index (χ0n) is 11.3. The molecule has 1 N–H and O–H groups in total. The summed E-state index contributed by atoms with van der Waals surface area (Å²) in [7, 11) is 0. The van der Waals surface area contributed by atoms with Crippen molar-refractivity contribution in [3.63, 3.8) is 0 Å². The molecule has 4 nitrogen and oxygen atoms in total. The van der Waals surface area contributed by atoms with Gasteiger partial charge in [-0.3, -0.25) is 0 Å². The fourth-order valence-electron chi connectivity index (χ4n) is 1.85. The maximum Gasteiger partial charge on any atom is 0.129 e. The van der Waals surface area contributed by atoms with Crippen molar-refractivity contribution in [1.29, 1.82) is 0 Å². The lowest BCUT2D eigenvalue weighted by molar-refractivity contribution is 0.197. The largest absolute Gasteiger partial charge is 0.389 e. The van der Waals surface area contributed by atoms with E-state index < -0.39 is 6.10 Å². The van der Waals surface area contributed by atoms with Crippen molar-refractivity contribution >= 4 is 0 Å². The Bertz CT molecular complexity index is 349. The molecule has 1 atom stereocenters. The SMILES string of the molecule is CCN(CC)CCc1ncc(C(C)O)c(C)n1. The highest BCUT2D eigenvalue weighted by Gasteiger charge is 2.08. The Hall–Kier alpha value is -1.00. The van der Waals surface area contributed by atoms with Crippen LogP contribution in [0, 0.1) is 6.92 Å². The summed E-state index contributed by atoms with van der Waals surface area (Å²) in [4.78, 5) is 11.1. The molecule has 4 heteroatoms. The molecule has 0 spiro atoms. The summed E-state index contributed by atoms with van der Waals surface area (Å²) >= 11 is 0. The zero-order chi connectivity index (χ0) is 12.8. The van der Waals surface area contributed by atoms with Crippen LogP contribution in [0.3, 0.4) is 0 Å². The topological polar surface area (TPSA) is 49.2 Å². The van der Waals surface area contributed by atoms with Gasteiger partial charge in [-0.1, -0.05) is 13.8 Å². The summed E-state index contributed by atoms with van der Waals surface area (Å²) < 4.78 is 0. The molecule has 96 valence electrons. The average molecular weight is 237 g/mol. The van der Waals surface area contributed by atoms with Crippen LogP contribution in [0.15, 0.2) is 6.20 Å². The lowest BCUT2D eigenvalue weighted by Crippen LogP contribution is -2.26. The highest BCUT2D eigenvalue weighted by atomic mass is 16.3. The summed E-state index contributed by atoms with van der Waals surface area (Å²) in [5, 5.41) is 9.50. The number of aliphatic hydroxyl groups excluding tert-OH is 1. The van der Waals surface area contributed by atoms with Crippen LogP contribution in [-0.2, 0) is 6.42 Å². The van der Waals surface area contributed by atoms with E-state index in [4.69, 9.17) is 0 Å². The molecule has 0 saturated heterocycles. The van der Waals surface area contributed by atoms with Crippen molar-refractivity contribution in [3.05, 3.63) is 23.3 Å². The van der Waals surface area contributed by atoms with Crippen LogP contribution in [0.25, 0.3) is 0 Å². The first-order valence-corrected chi connectivity index (χ1v) is 6.31. The Kier molecular flexibility index (Phi) is 5.51. The van der Waals surface area contributed by atoms with Crippen LogP contribution in [0.2, 0.25) is 0 Å². The molecule has 1 unspecified atom stereocenters. The molecule has 0 fully saturated rings. The van der Waals surface area contributed by atoms with Gasteiger partial charge in [0.15, 0.2) is 0 Å². The van der Waals surface area contributed by atoms with E-state index in [0.29, 0.717) is 0 Å². The van der Waals surface area contributed by atoms with Crippen molar-refractivity contribution in [2.24, 2.45) is 0 Å². The molecule has 0 amide bonds. The summed E-state index contributed by atoms with van der Waals surface area (Å²) in [6, 6.07) is 0. The standard InChI is InChI=1S/C13H23N3O/c1-5-16(6-2)8-7-13-14-9-12(11(4)17)10(3)15-13/h9,11,17H,5-8H2,1-4H3. The van der Waals surface area contributed by atoms with Gasteiger partial charge in [-0.25, -0.2) is 9.97 Å². The molecular formula is C13H23N3O. The van der Waals surface area contributed by atoms with Crippen LogP contribution in [-0.4, -0.2) is 39.6 Å². The minimum Gasteiger partial charge on any atom is -0.389 e. The summed E-state index contributed by atoms with van der Waals surface area (Å²) in [5.74, 6) is 0.860. The molecule has 0 aliphatic carbocycles. The third kappa shape index (κ3) is 4.06. The monoisotopic (exact) mass is 237 g/mol. The van der Waals surface area contributed by atoms with Gasteiger partial charge in [0.25, 0.3) is 0 Å². The Labute approximate surface area is 104 Å². The number of likely N-dealkylation sites (N-methyl/N-ethyl adjacent to an activating group) is 1. The first-order valence-electron chi connectivity index (χ1n) is 6.31. The normalized spacial score (nSPS) is 13.1. The van der Waals surface area contributed by atoms with Gasteiger partial charge < -0.3 is 10.0 Å². The number of aryl methyl sites for hydroxylation is 1. The highest BCUT2D eigenvalue weighted by Crippen LogP contribution is 2.14. The number of hydrogen-bond acceptors (Lipinski definition) is 4. The molecule has 0 bridgehead atoms. The minimum atomic E-state index is -0.494. The van der Waals surface area contributed by atoms with Crippen molar-refractivity contribution in [2.45, 2.75) is 40.2 Å². The summed E-state index contributed by atoms with van der Waals surface area (Å²) in [6.45, 7) is 11.1. The van der Waals surface area contributed by atoms with Gasteiger partial charge in [-0.2, -0.15) is 0 Å². The van der Waals surface area contributed by atoms with E-state index in [9.17, 15) is 5.11 Å². The van der Waals surface area contributed by atoms with Crippen molar-refractivity contribution in [2.75, 3.05) is 19.6 Å². The van der Waals surface area contributed by atoms with E-state index >= 15 is 0 Å². The summed E-state index contributed by atoms with van der Waals surface area (Å²) in [6.07, 6.45) is 2.11. The van der Waals surface area contributed by atoms with Gasteiger partial charge in [0.05, 0.1) is 6.10 Å². The first kappa shape index (κ1) is 14.1. The van der Waals surface area contributed by atoms with Gasteiger partial charge in [0, 0.05) is 30.4 Å². The Balaban J connectivity index is 2.64. The maximum absolute atomic E-state index is 9.50. The number of rotatable bonds is 6. The number of nitrogens with zero attached hydrogens (tertiary/aromatic N) is 3. The van der Waals surface area contributed by atoms with Crippen LogP contribution >= 0.6 is 0 Å². The van der Waals surface area contributed by atoms with E-state index in [1.165, 1.54) is 0 Å². The molecule has 0 aliphatic heterocycles. The first-order chi connectivity index (χ1) is 8.08. The Morgan fingerprint density at radius 2 is 2.00 bits per heavy atom. The van der Waals surface area contributed by atoms with Crippen LogP contribution < -0.4 is 0 Å². The van der Waals surface area contributed by atoms with Crippen LogP contribution in [0.5, 0.6) is 0 Å². The van der Waals surface area contributed by atoms with Gasteiger partial charge >= 0.3 is 0 Å². The lowest BCUT2D eigenvalue weighted by atomic mass is 10.1. The van der Waals surface area contributed by atoms with Gasteiger partial charge in [-0.15, -0.1) is 0 Å². The predicted octanol–water partition coefficient (Wildman–Crippen LogP) is 1.72. The van der Waals surface area contributed by atoms with Crippen molar-refractivity contribution in [1.82, 2.24) is 14.9 Å². The third-order valence-electron chi connectivity index (χ3n) is 3.06. The Morgan fingerprint density at radius 1 is 1.35 bits per heavy atom. The molecule has 1 rings (SSSR count). The van der Waals surface area contributed by atoms with Gasteiger partial charge in [0.1, 0.15) is 5.82 Å². The Morgan fingerprint density at radius 3 is 2.47 bits per heavy atom. The zero-order valence-corrected chi connectivity index (χ0v) is 11.3. The molecule has 1 aromatic heterocycles. The second-order valence-corrected chi connectivity index (χ2v) is 4.28. The van der Waals surface area contributed by atoms with Crippen molar-refractivity contribution < 1.29 is 5.11 Å². The number of hydrogen-bond donors (Lipinski definition) is 1. The summed E-state index contributed by atoms with van der Waals surface area (Å²) in [5.41, 5.74) is 1.70. The second-order valence-electron chi connectivity index (χ2n) is 4.28. The van der Waals surface area contributed by atoms with Gasteiger partial charge in [0.2, 0.25) is 0 Å². The van der Waals surface area contributed by atoms with Crippen LogP contribution in [0.4, 0.5) is 0 Å². The quantitative estimate of drug-likeness (QED) is 0.818. The fourth-order valence-corrected chi connectivity index (χ4v) is 1.85. The van der Waals surface area contributed by atoms with E-state index in [2.05, 4.69) is 28.7 Å². The third-order valence-corrected chi connectivity index (χ3v) is 3.06. The molecule has 17 heavy (non-hydrogen) atoms. The van der Waals surface area contributed by atoms with E-state index in [1.54, 1.807) is 13.1 Å². The van der Waals surface area contributed by atoms with E-state index in [-0.39, 0.29) is 0 Å². The molecule has 1 heterocycles. The number of aliphatic hydroxyl groups is 1. The molecular weight excluding hydrogens is 214 g/mol. The molecule has 1 aromatic rings. The van der Waals surface area contributed by atoms with E-state index in [1.807, 2.05) is 6.92 Å². The molecule has 0 saturated carbocycles.